The summed E-state index contributed by atoms with van der Waals surface area (Å²) in [5.74, 6) is 1.33. The van der Waals surface area contributed by atoms with Gasteiger partial charge in [0.15, 0.2) is 11.0 Å². The molecule has 0 fully saturated rings. The number of para-hydroxylation sites is 1. The van der Waals surface area contributed by atoms with E-state index in [1.54, 1.807) is 18.2 Å². The molecule has 0 radical (unpaired) electrons. The van der Waals surface area contributed by atoms with Crippen LogP contribution in [0.4, 0.5) is 5.69 Å². The van der Waals surface area contributed by atoms with Crippen LogP contribution in [0.15, 0.2) is 54.2 Å². The van der Waals surface area contributed by atoms with E-state index in [1.165, 1.54) is 11.8 Å². The lowest BCUT2D eigenvalue weighted by Crippen LogP contribution is -2.16. The highest BCUT2D eigenvalue weighted by molar-refractivity contribution is 14.1. The molecule has 1 aromatic heterocycles. The number of hydrogen-bond acceptors (Lipinski definition) is 5. The van der Waals surface area contributed by atoms with Crippen LogP contribution in [0.25, 0.3) is 0 Å². The van der Waals surface area contributed by atoms with Crippen molar-refractivity contribution in [1.29, 1.82) is 0 Å². The van der Waals surface area contributed by atoms with Gasteiger partial charge < -0.3 is 10.1 Å². The second-order valence-electron chi connectivity index (χ2n) is 6.77. The number of nitrogens with one attached hydrogen (secondary N) is 1. The molecule has 2 aromatic carbocycles. The van der Waals surface area contributed by atoms with Crippen LogP contribution in [-0.2, 0) is 17.9 Å². The summed E-state index contributed by atoms with van der Waals surface area (Å²) in [7, 11) is 0. The van der Waals surface area contributed by atoms with Crippen LogP contribution in [0, 0.1) is 17.4 Å². The van der Waals surface area contributed by atoms with Crippen LogP contribution in [-0.4, -0.2) is 26.4 Å². The molecule has 0 unspecified atom stereocenters. The first-order valence-electron chi connectivity index (χ1n) is 9.48. The number of benzene rings is 2. The van der Waals surface area contributed by atoms with Gasteiger partial charge in [0.2, 0.25) is 5.91 Å². The Balaban J connectivity index is 1.65. The van der Waals surface area contributed by atoms with Gasteiger partial charge in [-0.25, -0.2) is 0 Å². The lowest BCUT2D eigenvalue weighted by atomic mass is 10.1. The van der Waals surface area contributed by atoms with Gasteiger partial charge in [-0.3, -0.25) is 9.36 Å². The lowest BCUT2D eigenvalue weighted by Gasteiger charge is -2.12. The molecule has 0 atom stereocenters. The highest BCUT2D eigenvalue weighted by Crippen LogP contribution is 2.26. The van der Waals surface area contributed by atoms with E-state index in [-0.39, 0.29) is 18.3 Å². The van der Waals surface area contributed by atoms with Crippen molar-refractivity contribution in [3.05, 3.63) is 74.6 Å². The Kier molecular flexibility index (Phi) is 8.39. The number of halogens is 2. The summed E-state index contributed by atoms with van der Waals surface area (Å²) in [6.07, 6.45) is 1.75. The maximum atomic E-state index is 12.5. The zero-order valence-electron chi connectivity index (χ0n) is 17.2. The fourth-order valence-electron chi connectivity index (χ4n) is 2.96. The number of carbonyl (C=O) groups is 1. The number of anilines is 1. The van der Waals surface area contributed by atoms with Crippen LogP contribution < -0.4 is 10.1 Å². The van der Waals surface area contributed by atoms with E-state index in [4.69, 9.17) is 16.3 Å². The van der Waals surface area contributed by atoms with Gasteiger partial charge in [0, 0.05) is 15.8 Å². The summed E-state index contributed by atoms with van der Waals surface area (Å²) < 4.78 is 8.81. The summed E-state index contributed by atoms with van der Waals surface area (Å²) in [4.78, 5) is 12.5. The Bertz CT molecular complexity index is 1080. The quantitative estimate of drug-likeness (QED) is 0.205. The zero-order valence-corrected chi connectivity index (χ0v) is 20.9. The van der Waals surface area contributed by atoms with E-state index in [1.807, 2.05) is 42.7 Å². The number of carbonyl (C=O) groups excluding carboxylic acids is 1. The molecule has 1 N–H and O–H groups in total. The molecule has 162 valence electrons. The number of nitrogens with zero attached hydrogens (tertiary/aromatic N) is 3. The maximum absolute atomic E-state index is 12.5. The van der Waals surface area contributed by atoms with Gasteiger partial charge in [-0.1, -0.05) is 41.6 Å². The van der Waals surface area contributed by atoms with Gasteiger partial charge in [-0.05, 0) is 71.8 Å². The number of allylic oxidation sites excluding steroid dienone is 1. The third-order valence-electron chi connectivity index (χ3n) is 4.39. The summed E-state index contributed by atoms with van der Waals surface area (Å²) in [5.41, 5.74) is 2.93. The second-order valence-corrected chi connectivity index (χ2v) is 9.36. The fourth-order valence-corrected chi connectivity index (χ4v) is 4.85. The summed E-state index contributed by atoms with van der Waals surface area (Å²) in [5, 5.41) is 12.6. The fraction of sp³-hybridized carbons (Fsp3) is 0.227. The number of ether oxygens (including phenoxy) is 1. The minimum Gasteiger partial charge on any atom is -0.484 e. The first-order chi connectivity index (χ1) is 14.9. The normalized spacial score (nSPS) is 10.7. The molecule has 0 aliphatic carbocycles. The van der Waals surface area contributed by atoms with Crippen LogP contribution in [0.2, 0.25) is 5.02 Å². The standard InChI is InChI=1S/C22H22ClIN4O2S/c1-4-9-28-19(12-30-18-8-6-5-7-17(18)23)26-27-22(28)31-13-20(29)25-21-14(2)10-16(24)11-15(21)3/h4-8,10-11H,1,9,12-13H2,2-3H3,(H,25,29). The molecular formula is C22H22ClIN4O2S. The number of amides is 1. The lowest BCUT2D eigenvalue weighted by molar-refractivity contribution is -0.113. The average Bonchev–Trinajstić information content (AvgIpc) is 3.10. The van der Waals surface area contributed by atoms with Gasteiger partial charge >= 0.3 is 0 Å². The minimum atomic E-state index is -0.0978. The van der Waals surface area contributed by atoms with Gasteiger partial charge in [-0.15, -0.1) is 16.8 Å². The van der Waals surface area contributed by atoms with E-state index in [9.17, 15) is 4.79 Å². The van der Waals surface area contributed by atoms with Gasteiger partial charge in [0.05, 0.1) is 10.8 Å². The Morgan fingerprint density at radius 3 is 2.68 bits per heavy atom. The highest BCUT2D eigenvalue weighted by atomic mass is 127. The van der Waals surface area contributed by atoms with E-state index in [2.05, 4.69) is 44.7 Å². The van der Waals surface area contributed by atoms with Crippen LogP contribution in [0.3, 0.4) is 0 Å². The zero-order chi connectivity index (χ0) is 22.4. The van der Waals surface area contributed by atoms with E-state index in [0.717, 1.165) is 20.4 Å². The smallest absolute Gasteiger partial charge is 0.234 e. The number of aryl methyl sites for hydroxylation is 2. The molecule has 0 aliphatic heterocycles. The van der Waals surface area contributed by atoms with Crippen LogP contribution in [0.5, 0.6) is 5.75 Å². The molecule has 0 bridgehead atoms. The molecule has 3 aromatic rings. The first kappa shape index (κ1) is 23.6. The van der Waals surface area contributed by atoms with Gasteiger partial charge in [0.25, 0.3) is 0 Å². The summed E-state index contributed by atoms with van der Waals surface area (Å²) in [6, 6.07) is 11.3. The highest BCUT2D eigenvalue weighted by Gasteiger charge is 2.15. The topological polar surface area (TPSA) is 69.0 Å². The largest absolute Gasteiger partial charge is 0.484 e. The van der Waals surface area contributed by atoms with E-state index in [0.29, 0.717) is 28.3 Å². The first-order valence-corrected chi connectivity index (χ1v) is 11.9. The van der Waals surface area contributed by atoms with Crippen molar-refractivity contribution >= 4 is 57.5 Å². The Morgan fingerprint density at radius 1 is 1.29 bits per heavy atom. The molecule has 3 rings (SSSR count). The summed E-state index contributed by atoms with van der Waals surface area (Å²) >= 11 is 9.74. The average molecular weight is 569 g/mol. The van der Waals surface area contributed by atoms with Crippen LogP contribution in [0.1, 0.15) is 17.0 Å². The molecular weight excluding hydrogens is 547 g/mol. The Labute approximate surface area is 204 Å². The minimum absolute atomic E-state index is 0.0978. The number of aromatic nitrogens is 3. The summed E-state index contributed by atoms with van der Waals surface area (Å²) in [6.45, 7) is 8.49. The maximum Gasteiger partial charge on any atom is 0.234 e. The molecule has 9 heteroatoms. The number of thioether (sulfide) groups is 1. The van der Waals surface area contributed by atoms with Crippen molar-refractivity contribution in [3.8, 4) is 5.75 Å². The van der Waals surface area contributed by atoms with Crippen molar-refractivity contribution in [2.45, 2.75) is 32.2 Å². The Morgan fingerprint density at radius 2 is 2.00 bits per heavy atom. The molecule has 1 heterocycles. The van der Waals surface area contributed by atoms with Crippen molar-refractivity contribution in [1.82, 2.24) is 14.8 Å². The van der Waals surface area contributed by atoms with Crippen LogP contribution >= 0.6 is 46.0 Å². The predicted molar refractivity (Wildman–Crippen MR) is 134 cm³/mol. The van der Waals surface area contributed by atoms with Crippen molar-refractivity contribution in [2.24, 2.45) is 0 Å². The molecule has 6 nitrogen and oxygen atoms in total. The number of hydrogen-bond donors (Lipinski definition) is 1. The predicted octanol–water partition coefficient (Wildman–Crippen LogP) is 5.65. The SMILES string of the molecule is C=CCn1c(COc2ccccc2Cl)nnc1SCC(=O)Nc1c(C)cc(I)cc1C. The Hall–Kier alpha value is -2.04. The molecule has 0 spiro atoms. The third kappa shape index (κ3) is 6.24. The monoisotopic (exact) mass is 568 g/mol. The molecule has 0 saturated carbocycles. The molecule has 31 heavy (non-hydrogen) atoms. The molecule has 0 aliphatic rings. The third-order valence-corrected chi connectivity index (χ3v) is 6.29. The van der Waals surface area contributed by atoms with E-state index < -0.39 is 0 Å². The van der Waals surface area contributed by atoms with Crippen molar-refractivity contribution in [3.63, 3.8) is 0 Å². The van der Waals surface area contributed by atoms with Crippen molar-refractivity contribution in [2.75, 3.05) is 11.1 Å². The number of rotatable bonds is 9. The molecule has 0 saturated heterocycles. The van der Waals surface area contributed by atoms with Crippen molar-refractivity contribution < 1.29 is 9.53 Å². The second kappa shape index (κ2) is 11.0. The van der Waals surface area contributed by atoms with Gasteiger partial charge in [-0.2, -0.15) is 0 Å². The van der Waals surface area contributed by atoms with E-state index >= 15 is 0 Å². The van der Waals surface area contributed by atoms with Gasteiger partial charge in [0.1, 0.15) is 12.4 Å². The molecule has 1 amide bonds.